The number of hydrogen-bond donors (Lipinski definition) is 1. The fraction of sp³-hybridized carbons (Fsp3) is 0.600. The van der Waals surface area contributed by atoms with Crippen molar-refractivity contribution in [2.24, 2.45) is 0 Å². The van der Waals surface area contributed by atoms with Gasteiger partial charge in [-0.2, -0.15) is 0 Å². The summed E-state index contributed by atoms with van der Waals surface area (Å²) in [6.45, 7) is 0. The Bertz CT molecular complexity index is 210. The standard InChI is InChI=1S/C5H4Cl2O5/c6-4(7)5(10)11-2(8)1-3(9)12-5/h4,10H,1H2. The second-order valence-electron chi connectivity index (χ2n) is 2.06. The summed E-state index contributed by atoms with van der Waals surface area (Å²) in [5.41, 5.74) is 0. The van der Waals surface area contributed by atoms with Crippen LogP contribution in [0.25, 0.3) is 0 Å². The largest absolute Gasteiger partial charge is 0.405 e. The van der Waals surface area contributed by atoms with E-state index in [9.17, 15) is 9.59 Å². The van der Waals surface area contributed by atoms with Crippen LogP contribution in [0.5, 0.6) is 0 Å². The number of carbonyl (C=O) groups is 2. The van der Waals surface area contributed by atoms with Crippen molar-refractivity contribution >= 4 is 35.1 Å². The van der Waals surface area contributed by atoms with E-state index < -0.39 is 29.2 Å². The van der Waals surface area contributed by atoms with Crippen LogP contribution in [-0.2, 0) is 19.1 Å². The van der Waals surface area contributed by atoms with Crippen LogP contribution in [-0.4, -0.2) is 27.9 Å². The number of alkyl halides is 2. The van der Waals surface area contributed by atoms with Gasteiger partial charge in [-0.25, -0.2) is 0 Å². The zero-order chi connectivity index (χ0) is 9.35. The lowest BCUT2D eigenvalue weighted by atomic mass is 10.4. The molecule has 0 aliphatic carbocycles. The van der Waals surface area contributed by atoms with Crippen LogP contribution < -0.4 is 0 Å². The molecule has 0 aromatic rings. The lowest BCUT2D eigenvalue weighted by Crippen LogP contribution is -2.49. The summed E-state index contributed by atoms with van der Waals surface area (Å²) in [6, 6.07) is 0. The minimum Gasteiger partial charge on any atom is -0.395 e. The molecule has 0 amide bonds. The third-order valence-corrected chi connectivity index (χ3v) is 1.64. The zero-order valence-corrected chi connectivity index (χ0v) is 7.13. The van der Waals surface area contributed by atoms with Gasteiger partial charge in [-0.05, 0) is 0 Å². The fourth-order valence-corrected chi connectivity index (χ4v) is 0.804. The first-order valence-electron chi connectivity index (χ1n) is 2.88. The van der Waals surface area contributed by atoms with Crippen LogP contribution in [0.3, 0.4) is 0 Å². The van der Waals surface area contributed by atoms with Gasteiger partial charge in [-0.3, -0.25) is 9.59 Å². The van der Waals surface area contributed by atoms with E-state index in [1.54, 1.807) is 0 Å². The van der Waals surface area contributed by atoms with E-state index in [-0.39, 0.29) is 0 Å². The van der Waals surface area contributed by atoms with E-state index in [4.69, 9.17) is 28.3 Å². The molecular formula is C5H4Cl2O5. The van der Waals surface area contributed by atoms with E-state index in [1.807, 2.05) is 0 Å². The van der Waals surface area contributed by atoms with Gasteiger partial charge in [0.2, 0.25) is 4.84 Å². The molecule has 1 saturated heterocycles. The Kier molecular flexibility index (Phi) is 2.46. The monoisotopic (exact) mass is 214 g/mol. The second-order valence-corrected chi connectivity index (χ2v) is 3.15. The smallest absolute Gasteiger partial charge is 0.395 e. The number of halogens is 2. The van der Waals surface area contributed by atoms with Crippen LogP contribution in [0.4, 0.5) is 0 Å². The third kappa shape index (κ3) is 1.80. The number of aliphatic hydroxyl groups is 1. The van der Waals surface area contributed by atoms with Crippen LogP contribution in [0, 0.1) is 0 Å². The first-order valence-corrected chi connectivity index (χ1v) is 3.75. The molecule has 5 nitrogen and oxygen atoms in total. The van der Waals surface area contributed by atoms with Crippen molar-refractivity contribution < 1.29 is 24.2 Å². The third-order valence-electron chi connectivity index (χ3n) is 1.08. The summed E-state index contributed by atoms with van der Waals surface area (Å²) in [5, 5.41) is 9.14. The normalized spacial score (nSPS) is 22.0. The topological polar surface area (TPSA) is 72.8 Å². The molecule has 1 rings (SSSR count). The van der Waals surface area contributed by atoms with Crippen molar-refractivity contribution in [3.8, 4) is 0 Å². The number of hydrogen-bond acceptors (Lipinski definition) is 5. The van der Waals surface area contributed by atoms with Crippen molar-refractivity contribution in [3.05, 3.63) is 0 Å². The Hall–Kier alpha value is -0.520. The van der Waals surface area contributed by atoms with Gasteiger partial charge in [0.25, 0.3) is 0 Å². The quantitative estimate of drug-likeness (QED) is 0.376. The summed E-state index contributed by atoms with van der Waals surface area (Å²) in [4.78, 5) is 19.7. The Labute approximate surface area is 77.1 Å². The Morgan fingerprint density at radius 3 is 2.08 bits per heavy atom. The highest BCUT2D eigenvalue weighted by atomic mass is 35.5. The Morgan fingerprint density at radius 2 is 1.75 bits per heavy atom. The van der Waals surface area contributed by atoms with Crippen molar-refractivity contribution in [3.63, 3.8) is 0 Å². The van der Waals surface area contributed by atoms with Gasteiger partial charge in [-0.1, -0.05) is 23.2 Å². The molecule has 1 fully saturated rings. The summed E-state index contributed by atoms with van der Waals surface area (Å²) in [5.74, 6) is -4.41. The van der Waals surface area contributed by atoms with Crippen LogP contribution >= 0.6 is 23.2 Å². The molecule has 0 radical (unpaired) electrons. The maximum Gasteiger partial charge on any atom is 0.405 e. The highest BCUT2D eigenvalue weighted by molar-refractivity contribution is 6.45. The zero-order valence-electron chi connectivity index (χ0n) is 5.62. The summed E-state index contributed by atoms with van der Waals surface area (Å²) in [7, 11) is 0. The minimum atomic E-state index is -2.55. The maximum absolute atomic E-state index is 10.6. The minimum absolute atomic E-state index is 0.553. The van der Waals surface area contributed by atoms with Gasteiger partial charge in [0.15, 0.2) is 0 Å². The molecule has 1 aliphatic rings. The van der Waals surface area contributed by atoms with E-state index in [0.717, 1.165) is 0 Å². The summed E-state index contributed by atoms with van der Waals surface area (Å²) in [6.07, 6.45) is -0.553. The van der Waals surface area contributed by atoms with Crippen molar-refractivity contribution in [2.45, 2.75) is 17.2 Å². The van der Waals surface area contributed by atoms with Gasteiger partial charge in [0.05, 0.1) is 0 Å². The lowest BCUT2D eigenvalue weighted by Gasteiger charge is -2.30. The molecular weight excluding hydrogens is 211 g/mol. The van der Waals surface area contributed by atoms with Crippen molar-refractivity contribution in [2.75, 3.05) is 0 Å². The molecule has 1 heterocycles. The molecule has 0 spiro atoms. The average molecular weight is 215 g/mol. The molecule has 1 N–H and O–H groups in total. The number of cyclic esters (lactones) is 2. The van der Waals surface area contributed by atoms with E-state index in [1.165, 1.54) is 0 Å². The Morgan fingerprint density at radius 1 is 1.33 bits per heavy atom. The summed E-state index contributed by atoms with van der Waals surface area (Å²) >= 11 is 10.4. The first kappa shape index (κ1) is 9.57. The molecule has 0 atom stereocenters. The van der Waals surface area contributed by atoms with Gasteiger partial charge in [-0.15, -0.1) is 0 Å². The first-order chi connectivity index (χ1) is 5.44. The highest BCUT2D eigenvalue weighted by Gasteiger charge is 2.47. The number of carbonyl (C=O) groups excluding carboxylic acids is 2. The lowest BCUT2D eigenvalue weighted by molar-refractivity contribution is -0.327. The van der Waals surface area contributed by atoms with E-state index in [0.29, 0.717) is 0 Å². The molecule has 0 saturated carbocycles. The molecule has 7 heteroatoms. The SMILES string of the molecule is O=C1CC(=O)OC(O)(C(Cl)Cl)O1. The van der Waals surface area contributed by atoms with Crippen LogP contribution in [0.15, 0.2) is 0 Å². The highest BCUT2D eigenvalue weighted by Crippen LogP contribution is 2.27. The summed E-state index contributed by atoms with van der Waals surface area (Å²) < 4.78 is 8.43. The van der Waals surface area contributed by atoms with Gasteiger partial charge in [0, 0.05) is 0 Å². The predicted molar refractivity (Wildman–Crippen MR) is 37.2 cm³/mol. The number of rotatable bonds is 1. The molecule has 0 aromatic carbocycles. The predicted octanol–water partition coefficient (Wildman–Crippen LogP) is -0.0737. The number of esters is 2. The van der Waals surface area contributed by atoms with E-state index >= 15 is 0 Å². The maximum atomic E-state index is 10.6. The molecule has 12 heavy (non-hydrogen) atoms. The number of ether oxygens (including phenoxy) is 2. The van der Waals surface area contributed by atoms with E-state index in [2.05, 4.69) is 9.47 Å². The molecule has 0 aromatic heterocycles. The molecule has 68 valence electrons. The second kappa shape index (κ2) is 3.08. The molecule has 0 unspecified atom stereocenters. The average Bonchev–Trinajstić information content (AvgIpc) is 1.82. The van der Waals surface area contributed by atoms with Gasteiger partial charge in [0.1, 0.15) is 6.42 Å². The Balaban J connectivity index is 2.78. The van der Waals surface area contributed by atoms with Gasteiger partial charge < -0.3 is 14.6 Å². The van der Waals surface area contributed by atoms with Gasteiger partial charge >= 0.3 is 17.9 Å². The fourth-order valence-electron chi connectivity index (χ4n) is 0.626. The van der Waals surface area contributed by atoms with Crippen LogP contribution in [0.1, 0.15) is 6.42 Å². The molecule has 1 aliphatic heterocycles. The van der Waals surface area contributed by atoms with Crippen molar-refractivity contribution in [1.82, 2.24) is 0 Å². The van der Waals surface area contributed by atoms with Crippen LogP contribution in [0.2, 0.25) is 0 Å². The van der Waals surface area contributed by atoms with Crippen molar-refractivity contribution in [1.29, 1.82) is 0 Å². The molecule has 0 bridgehead atoms.